The fraction of sp³-hybridized carbons (Fsp3) is 0.182. The number of aromatic nitrogens is 3. The molecule has 0 radical (unpaired) electrons. The van der Waals surface area contributed by atoms with Crippen LogP contribution in [-0.4, -0.2) is 36.8 Å². The number of benzene rings is 1. The van der Waals surface area contributed by atoms with Crippen molar-refractivity contribution < 1.29 is 17.9 Å². The lowest BCUT2D eigenvalue weighted by atomic mass is 10.2. The summed E-state index contributed by atoms with van der Waals surface area (Å²) in [5.74, 6) is -0.291. The summed E-state index contributed by atoms with van der Waals surface area (Å²) >= 11 is 0. The number of sulfonamides is 1. The van der Waals surface area contributed by atoms with Crippen LogP contribution in [0.25, 0.3) is 0 Å². The van der Waals surface area contributed by atoms with Crippen LogP contribution in [0.3, 0.4) is 0 Å². The van der Waals surface area contributed by atoms with Crippen LogP contribution in [0.15, 0.2) is 29.3 Å². The maximum atomic E-state index is 11.7. The molecule has 0 saturated heterocycles. The number of aromatic amines is 1. The van der Waals surface area contributed by atoms with Gasteiger partial charge in [0.05, 0.1) is 13.3 Å². The van der Waals surface area contributed by atoms with E-state index in [1.54, 1.807) is 6.07 Å². The van der Waals surface area contributed by atoms with Gasteiger partial charge >= 0.3 is 0 Å². The number of H-pyrrole nitrogens is 1. The largest absolute Gasteiger partial charge is 0.495 e. The van der Waals surface area contributed by atoms with E-state index in [9.17, 15) is 13.2 Å². The second-order valence-corrected chi connectivity index (χ2v) is 5.60. The van der Waals surface area contributed by atoms with Crippen molar-refractivity contribution in [1.82, 2.24) is 20.7 Å². The number of hydrogen-bond acceptors (Lipinski definition) is 6. The first-order valence-electron chi connectivity index (χ1n) is 5.75. The Morgan fingerprint density at radius 2 is 2.24 bits per heavy atom. The van der Waals surface area contributed by atoms with E-state index in [-0.39, 0.29) is 22.9 Å². The Kier molecular flexibility index (Phi) is 4.19. The number of primary sulfonamides is 1. The Hall–Kier alpha value is -2.46. The van der Waals surface area contributed by atoms with Gasteiger partial charge in [-0.2, -0.15) is 15.4 Å². The molecule has 1 heterocycles. The fourth-order valence-electron chi connectivity index (χ4n) is 1.64. The smallest absolute Gasteiger partial charge is 0.273 e. The van der Waals surface area contributed by atoms with E-state index in [4.69, 9.17) is 9.88 Å². The summed E-state index contributed by atoms with van der Waals surface area (Å²) in [5.41, 5.74) is 0.687. The van der Waals surface area contributed by atoms with Crippen molar-refractivity contribution in [2.75, 3.05) is 7.11 Å². The maximum absolute atomic E-state index is 11.7. The molecule has 0 atom stereocenters. The molecule has 9 nitrogen and oxygen atoms in total. The normalized spacial score (nSPS) is 11.1. The number of rotatable bonds is 5. The van der Waals surface area contributed by atoms with Gasteiger partial charge in [0.1, 0.15) is 10.6 Å². The molecule has 1 aromatic heterocycles. The zero-order valence-corrected chi connectivity index (χ0v) is 11.8. The van der Waals surface area contributed by atoms with Crippen molar-refractivity contribution in [3.63, 3.8) is 0 Å². The molecule has 1 amide bonds. The predicted octanol–water partition coefficient (Wildman–Crippen LogP) is -0.609. The number of carbonyl (C=O) groups excluding carboxylic acids is 1. The standard InChI is InChI=1S/C11H13N5O4S/c1-20-9-3-2-7(4-10(9)21(12,18)19)5-13-11(17)8-6-14-16-15-8/h2-4,6H,5H2,1H3,(H,13,17)(H2,12,18,19)(H,14,15,16). The summed E-state index contributed by atoms with van der Waals surface area (Å²) in [5, 5.41) is 17.2. The van der Waals surface area contributed by atoms with Crippen LogP contribution in [0.1, 0.15) is 16.1 Å². The van der Waals surface area contributed by atoms with Gasteiger partial charge in [-0.1, -0.05) is 6.07 Å². The fourth-order valence-corrected chi connectivity index (χ4v) is 2.38. The predicted molar refractivity (Wildman–Crippen MR) is 71.9 cm³/mol. The summed E-state index contributed by atoms with van der Waals surface area (Å²) in [6.07, 6.45) is 1.28. The molecule has 112 valence electrons. The third kappa shape index (κ3) is 3.55. The first kappa shape index (κ1) is 14.9. The molecule has 0 aliphatic carbocycles. The Balaban J connectivity index is 2.16. The van der Waals surface area contributed by atoms with Crippen molar-refractivity contribution in [2.24, 2.45) is 5.14 Å². The van der Waals surface area contributed by atoms with E-state index in [0.29, 0.717) is 5.56 Å². The lowest BCUT2D eigenvalue weighted by molar-refractivity contribution is 0.0946. The first-order chi connectivity index (χ1) is 9.91. The zero-order chi connectivity index (χ0) is 15.5. The monoisotopic (exact) mass is 311 g/mol. The number of ether oxygens (including phenoxy) is 1. The summed E-state index contributed by atoms with van der Waals surface area (Å²) in [6.45, 7) is 0.109. The number of nitrogens with zero attached hydrogens (tertiary/aromatic N) is 2. The molecule has 21 heavy (non-hydrogen) atoms. The van der Waals surface area contributed by atoms with Crippen molar-refractivity contribution in [3.05, 3.63) is 35.7 Å². The van der Waals surface area contributed by atoms with Crippen molar-refractivity contribution in [1.29, 1.82) is 0 Å². The van der Waals surface area contributed by atoms with E-state index < -0.39 is 15.9 Å². The van der Waals surface area contributed by atoms with E-state index in [1.807, 2.05) is 0 Å². The summed E-state index contributed by atoms with van der Waals surface area (Å²) in [6, 6.07) is 4.44. The van der Waals surface area contributed by atoms with E-state index in [1.165, 1.54) is 25.4 Å². The van der Waals surface area contributed by atoms with Crippen LogP contribution < -0.4 is 15.2 Å². The second kappa shape index (κ2) is 5.89. The molecule has 0 aliphatic rings. The van der Waals surface area contributed by atoms with E-state index in [2.05, 4.69) is 20.7 Å². The Morgan fingerprint density at radius 1 is 1.48 bits per heavy atom. The van der Waals surface area contributed by atoms with Gasteiger partial charge in [0.2, 0.25) is 10.0 Å². The number of carbonyl (C=O) groups is 1. The highest BCUT2D eigenvalue weighted by Gasteiger charge is 2.16. The van der Waals surface area contributed by atoms with Gasteiger partial charge in [-0.3, -0.25) is 4.79 Å². The Labute approximate surface area is 120 Å². The highest BCUT2D eigenvalue weighted by Crippen LogP contribution is 2.23. The number of hydrogen-bond donors (Lipinski definition) is 3. The summed E-state index contributed by atoms with van der Waals surface area (Å²) in [7, 11) is -2.57. The highest BCUT2D eigenvalue weighted by molar-refractivity contribution is 7.89. The number of methoxy groups -OCH3 is 1. The molecular formula is C11H13N5O4S. The van der Waals surface area contributed by atoms with Gasteiger partial charge < -0.3 is 10.1 Å². The molecule has 2 rings (SSSR count). The molecule has 1 aromatic carbocycles. The van der Waals surface area contributed by atoms with Gasteiger partial charge in [0.25, 0.3) is 5.91 Å². The minimum atomic E-state index is -3.91. The number of nitrogens with two attached hydrogens (primary N) is 1. The third-order valence-electron chi connectivity index (χ3n) is 2.64. The van der Waals surface area contributed by atoms with Crippen molar-refractivity contribution in [2.45, 2.75) is 11.4 Å². The Morgan fingerprint density at radius 3 is 2.81 bits per heavy atom. The SMILES string of the molecule is COc1ccc(CNC(=O)c2cn[nH]n2)cc1S(N)(=O)=O. The van der Waals surface area contributed by atoms with Gasteiger partial charge in [0.15, 0.2) is 5.69 Å². The van der Waals surface area contributed by atoms with Crippen LogP contribution in [0, 0.1) is 0 Å². The quantitative estimate of drug-likeness (QED) is 0.673. The molecule has 0 bridgehead atoms. The van der Waals surface area contributed by atoms with Crippen molar-refractivity contribution >= 4 is 15.9 Å². The van der Waals surface area contributed by atoms with Gasteiger partial charge in [-0.25, -0.2) is 13.6 Å². The van der Waals surface area contributed by atoms with Crippen LogP contribution in [0.2, 0.25) is 0 Å². The van der Waals surface area contributed by atoms with Crippen molar-refractivity contribution in [3.8, 4) is 5.75 Å². The second-order valence-electron chi connectivity index (χ2n) is 4.07. The number of amides is 1. The van der Waals surface area contributed by atoms with E-state index >= 15 is 0 Å². The van der Waals surface area contributed by atoms with Crippen LogP contribution in [0.4, 0.5) is 0 Å². The average Bonchev–Trinajstić information content (AvgIpc) is 2.97. The summed E-state index contributed by atoms with van der Waals surface area (Å²) in [4.78, 5) is 11.5. The molecule has 0 unspecified atom stereocenters. The van der Waals surface area contributed by atoms with Gasteiger partial charge in [-0.05, 0) is 17.7 Å². The third-order valence-corrected chi connectivity index (χ3v) is 3.57. The maximum Gasteiger partial charge on any atom is 0.273 e. The molecule has 0 saturated carbocycles. The molecule has 0 spiro atoms. The molecule has 0 aliphatic heterocycles. The Bertz CT molecular complexity index is 742. The minimum Gasteiger partial charge on any atom is -0.495 e. The van der Waals surface area contributed by atoms with Crippen LogP contribution in [-0.2, 0) is 16.6 Å². The molecular weight excluding hydrogens is 298 g/mol. The number of nitrogens with one attached hydrogen (secondary N) is 2. The highest BCUT2D eigenvalue weighted by atomic mass is 32.2. The molecule has 0 fully saturated rings. The molecule has 4 N–H and O–H groups in total. The minimum absolute atomic E-state index is 0.109. The molecule has 2 aromatic rings. The zero-order valence-electron chi connectivity index (χ0n) is 11.0. The lowest BCUT2D eigenvalue weighted by Gasteiger charge is -2.09. The van der Waals surface area contributed by atoms with Gasteiger partial charge in [0, 0.05) is 6.54 Å². The summed E-state index contributed by atoms with van der Waals surface area (Å²) < 4.78 is 27.9. The first-order valence-corrected chi connectivity index (χ1v) is 7.30. The topological polar surface area (TPSA) is 140 Å². The average molecular weight is 311 g/mol. The van der Waals surface area contributed by atoms with Crippen LogP contribution in [0.5, 0.6) is 5.75 Å². The lowest BCUT2D eigenvalue weighted by Crippen LogP contribution is -2.23. The van der Waals surface area contributed by atoms with Crippen LogP contribution >= 0.6 is 0 Å². The van der Waals surface area contributed by atoms with Gasteiger partial charge in [-0.15, -0.1) is 0 Å². The van der Waals surface area contributed by atoms with E-state index in [0.717, 1.165) is 0 Å². The molecule has 10 heteroatoms.